The number of alkyl halides is 3. The van der Waals surface area contributed by atoms with Crippen LogP contribution in [0.15, 0.2) is 36.7 Å². The van der Waals surface area contributed by atoms with Crippen LogP contribution in [0.5, 0.6) is 0 Å². The molecule has 2 amide bonds. The van der Waals surface area contributed by atoms with Gasteiger partial charge in [0.2, 0.25) is 11.8 Å². The highest BCUT2D eigenvalue weighted by Crippen LogP contribution is 2.46. The van der Waals surface area contributed by atoms with Crippen molar-refractivity contribution in [2.75, 3.05) is 11.9 Å². The van der Waals surface area contributed by atoms with E-state index in [9.17, 15) is 45.4 Å². The molecule has 1 fully saturated rings. The van der Waals surface area contributed by atoms with Crippen LogP contribution in [0.1, 0.15) is 53.4 Å². The van der Waals surface area contributed by atoms with Gasteiger partial charge in [0.25, 0.3) is 0 Å². The van der Waals surface area contributed by atoms with E-state index < -0.39 is 89.4 Å². The first-order chi connectivity index (χ1) is 20.7. The lowest BCUT2D eigenvalue weighted by Gasteiger charge is -2.44. The van der Waals surface area contributed by atoms with E-state index in [1.54, 1.807) is 0 Å². The number of aromatic nitrogens is 2. The van der Waals surface area contributed by atoms with Crippen molar-refractivity contribution in [2.24, 2.45) is 0 Å². The van der Waals surface area contributed by atoms with E-state index in [-0.39, 0.29) is 24.2 Å². The van der Waals surface area contributed by atoms with Gasteiger partial charge in [0, 0.05) is 47.0 Å². The third-order valence-electron chi connectivity index (χ3n) is 8.70. The molecule has 232 valence electrons. The molecule has 4 heterocycles. The van der Waals surface area contributed by atoms with Crippen molar-refractivity contribution in [3.8, 4) is 0 Å². The first-order valence-electron chi connectivity index (χ1n) is 13.6. The summed E-state index contributed by atoms with van der Waals surface area (Å²) in [6.07, 6.45) is -4.58. The molecule has 3 aromatic rings. The molecule has 1 unspecified atom stereocenters. The number of fused-ring (bicyclic) bond motifs is 3. The van der Waals surface area contributed by atoms with Gasteiger partial charge in [-0.2, -0.15) is 13.2 Å². The molecule has 1 saturated heterocycles. The monoisotopic (exact) mass is 623 g/mol. The number of carbonyl (C=O) groups is 2. The van der Waals surface area contributed by atoms with Crippen molar-refractivity contribution in [2.45, 2.75) is 62.0 Å². The zero-order valence-electron chi connectivity index (χ0n) is 22.9. The number of hydrogen-bond acceptors (Lipinski definition) is 6. The molecular weight excluding hydrogens is 599 g/mol. The highest BCUT2D eigenvalue weighted by Gasteiger charge is 2.52. The van der Waals surface area contributed by atoms with Gasteiger partial charge in [0.1, 0.15) is 30.2 Å². The largest absolute Gasteiger partial charge is 0.406 e. The Morgan fingerprint density at radius 1 is 1.09 bits per heavy atom. The number of nitrogens with zero attached hydrogens (tertiary/aromatic N) is 3. The highest BCUT2D eigenvalue weighted by molar-refractivity contribution is 6.06. The SMILES string of the molecule is C[C@@H]1[C@H](c2c(F)ccc(F)c2F)C[C@H](NC(O)c2cnc3c(c2)C[C@@]2(C3)C(=O)Nc3ncc(F)cc32)C(=O)N1CC(F)(F)F. The van der Waals surface area contributed by atoms with Crippen LogP contribution in [0, 0.1) is 23.3 Å². The number of rotatable bonds is 5. The quantitative estimate of drug-likeness (QED) is 0.226. The molecule has 44 heavy (non-hydrogen) atoms. The minimum absolute atomic E-state index is 0.0826. The summed E-state index contributed by atoms with van der Waals surface area (Å²) in [7, 11) is 0. The van der Waals surface area contributed by atoms with Crippen LogP contribution in [-0.4, -0.2) is 56.6 Å². The first kappa shape index (κ1) is 29.9. The second-order valence-corrected chi connectivity index (χ2v) is 11.4. The lowest BCUT2D eigenvalue weighted by Crippen LogP contribution is -2.59. The summed E-state index contributed by atoms with van der Waals surface area (Å²) in [6.45, 7) is -0.554. The Morgan fingerprint density at radius 2 is 1.82 bits per heavy atom. The van der Waals surface area contributed by atoms with Crippen LogP contribution in [0.3, 0.4) is 0 Å². The summed E-state index contributed by atoms with van der Waals surface area (Å²) >= 11 is 0. The smallest absolute Gasteiger partial charge is 0.374 e. The van der Waals surface area contributed by atoms with Crippen molar-refractivity contribution >= 4 is 17.6 Å². The molecule has 5 atom stereocenters. The molecule has 1 spiro atoms. The maximum absolute atomic E-state index is 14.8. The van der Waals surface area contributed by atoms with Crippen molar-refractivity contribution in [3.05, 3.63) is 87.9 Å². The summed E-state index contributed by atoms with van der Waals surface area (Å²) in [4.78, 5) is 34.9. The normalized spacial score (nSPS) is 25.3. The number of piperidine rings is 1. The van der Waals surface area contributed by atoms with Gasteiger partial charge in [-0.3, -0.25) is 19.9 Å². The Morgan fingerprint density at radius 3 is 2.55 bits per heavy atom. The molecule has 0 bridgehead atoms. The summed E-state index contributed by atoms with van der Waals surface area (Å²) in [5, 5.41) is 16.2. The van der Waals surface area contributed by atoms with Gasteiger partial charge in [0.15, 0.2) is 11.6 Å². The van der Waals surface area contributed by atoms with Crippen LogP contribution >= 0.6 is 0 Å². The Bertz CT molecular complexity index is 1690. The summed E-state index contributed by atoms with van der Waals surface area (Å²) in [6, 6.07) is 0.982. The van der Waals surface area contributed by atoms with Gasteiger partial charge in [-0.25, -0.2) is 22.5 Å². The van der Waals surface area contributed by atoms with Gasteiger partial charge in [-0.15, -0.1) is 0 Å². The predicted molar refractivity (Wildman–Crippen MR) is 139 cm³/mol. The average Bonchev–Trinajstić information content (AvgIpc) is 3.47. The zero-order valence-corrected chi connectivity index (χ0v) is 22.9. The molecule has 15 heteroatoms. The molecule has 0 saturated carbocycles. The molecule has 3 aliphatic rings. The Kier molecular flexibility index (Phi) is 7.15. The number of benzene rings is 1. The fourth-order valence-electron chi connectivity index (χ4n) is 6.55. The number of carbonyl (C=O) groups excluding carboxylic acids is 2. The van der Waals surface area contributed by atoms with E-state index in [0.29, 0.717) is 33.9 Å². The molecule has 6 rings (SSSR count). The number of anilines is 1. The Hall–Kier alpha value is -4.11. The average molecular weight is 624 g/mol. The van der Waals surface area contributed by atoms with Crippen LogP contribution in [0.4, 0.5) is 36.6 Å². The number of likely N-dealkylation sites (tertiary alicyclic amines) is 1. The number of halogens is 7. The number of hydrogen-bond donors (Lipinski definition) is 3. The first-order valence-corrected chi connectivity index (χ1v) is 13.6. The fourth-order valence-corrected chi connectivity index (χ4v) is 6.55. The third kappa shape index (κ3) is 4.97. The number of nitrogens with one attached hydrogen (secondary N) is 2. The summed E-state index contributed by atoms with van der Waals surface area (Å²) in [5.74, 6) is -7.47. The molecule has 8 nitrogen and oxygen atoms in total. The minimum Gasteiger partial charge on any atom is -0.374 e. The number of pyridine rings is 2. The zero-order chi connectivity index (χ0) is 31.7. The Labute approximate surface area is 245 Å². The molecule has 0 radical (unpaired) electrons. The second kappa shape index (κ2) is 10.5. The van der Waals surface area contributed by atoms with E-state index in [0.717, 1.165) is 6.20 Å². The highest BCUT2D eigenvalue weighted by atomic mass is 19.4. The second-order valence-electron chi connectivity index (χ2n) is 11.4. The van der Waals surface area contributed by atoms with Crippen molar-refractivity contribution in [1.29, 1.82) is 0 Å². The molecule has 1 aromatic carbocycles. The number of aliphatic hydroxyl groups is 1. The lowest BCUT2D eigenvalue weighted by atomic mass is 9.79. The van der Waals surface area contributed by atoms with Gasteiger partial charge in [-0.1, -0.05) is 0 Å². The van der Waals surface area contributed by atoms with Gasteiger partial charge < -0.3 is 15.3 Å². The van der Waals surface area contributed by atoms with E-state index in [1.807, 2.05) is 0 Å². The van der Waals surface area contributed by atoms with E-state index in [1.165, 1.54) is 25.3 Å². The summed E-state index contributed by atoms with van der Waals surface area (Å²) in [5.41, 5.74) is -0.523. The number of amides is 2. The maximum atomic E-state index is 14.8. The van der Waals surface area contributed by atoms with E-state index >= 15 is 0 Å². The van der Waals surface area contributed by atoms with Crippen LogP contribution < -0.4 is 10.6 Å². The molecular formula is C29H24F7N5O3. The Balaban J connectivity index is 1.28. The third-order valence-corrected chi connectivity index (χ3v) is 8.70. The van der Waals surface area contributed by atoms with Gasteiger partial charge >= 0.3 is 6.18 Å². The van der Waals surface area contributed by atoms with Crippen LogP contribution in [0.2, 0.25) is 0 Å². The van der Waals surface area contributed by atoms with Crippen LogP contribution in [0.25, 0.3) is 0 Å². The van der Waals surface area contributed by atoms with Crippen molar-refractivity contribution in [3.63, 3.8) is 0 Å². The molecule has 3 N–H and O–H groups in total. The topological polar surface area (TPSA) is 107 Å². The van der Waals surface area contributed by atoms with E-state index in [2.05, 4.69) is 20.6 Å². The van der Waals surface area contributed by atoms with Gasteiger partial charge in [-0.05, 0) is 49.6 Å². The molecule has 1 aliphatic carbocycles. The predicted octanol–water partition coefficient (Wildman–Crippen LogP) is 3.94. The van der Waals surface area contributed by atoms with Gasteiger partial charge in [0.05, 0.1) is 17.7 Å². The maximum Gasteiger partial charge on any atom is 0.406 e. The van der Waals surface area contributed by atoms with E-state index in [4.69, 9.17) is 0 Å². The summed E-state index contributed by atoms with van der Waals surface area (Å²) < 4.78 is 97.9. The minimum atomic E-state index is -4.86. The van der Waals surface area contributed by atoms with Crippen molar-refractivity contribution in [1.82, 2.24) is 20.2 Å². The molecule has 2 aliphatic heterocycles. The fraction of sp³-hybridized carbons (Fsp3) is 0.379. The lowest BCUT2D eigenvalue weighted by molar-refractivity contribution is -0.171. The number of aliphatic hydroxyl groups excluding tert-OH is 1. The standard InChI is InChI=1S/C29H24F7N5O3/c1-12-16(22-18(31)2-3-19(32)23(22)33)6-20(26(43)41(12)11-29(34,35)36)39-25(42)14-4-13-7-28(8-21(13)37-9-14)17-5-15(30)10-38-24(17)40-27(28)44/h2-5,9-10,12,16,20,25,39,42H,6-8,11H2,1H3,(H,38,40,44)/t12-,16-,20+,25?,28+/m1/s1. The van der Waals surface area contributed by atoms with Crippen molar-refractivity contribution < 1.29 is 45.4 Å². The molecule has 2 aromatic heterocycles. The van der Waals surface area contributed by atoms with Crippen LogP contribution in [-0.2, 0) is 27.8 Å².